The molecule has 216 valence electrons. The lowest BCUT2D eigenvalue weighted by Gasteiger charge is -2.23. The average Bonchev–Trinajstić information content (AvgIpc) is 3.00. The lowest BCUT2D eigenvalue weighted by molar-refractivity contribution is -0.132. The monoisotopic (exact) mass is 558 g/mol. The first-order valence-corrected chi connectivity index (χ1v) is 13.6. The molecule has 0 aromatic heterocycles. The topological polar surface area (TPSA) is 105 Å². The molecule has 0 aliphatic carbocycles. The van der Waals surface area contributed by atoms with Crippen molar-refractivity contribution in [2.75, 3.05) is 16.8 Å². The summed E-state index contributed by atoms with van der Waals surface area (Å²) in [5, 5.41) is 14.0. The Morgan fingerprint density at radius 2 is 1.66 bits per heavy atom. The number of hydrogen-bond acceptors (Lipinski definition) is 7. The van der Waals surface area contributed by atoms with Crippen LogP contribution in [-0.4, -0.2) is 29.5 Å². The number of ether oxygens (including phenoxy) is 2. The molecule has 0 unspecified atom stereocenters. The summed E-state index contributed by atoms with van der Waals surface area (Å²) in [4.78, 5) is 38.7. The van der Waals surface area contributed by atoms with Crippen LogP contribution in [0.2, 0.25) is 0 Å². The summed E-state index contributed by atoms with van der Waals surface area (Å²) in [6.07, 6.45) is 11.8. The summed E-state index contributed by atoms with van der Waals surface area (Å²) in [5.74, 6) is -1.48. The zero-order valence-corrected chi connectivity index (χ0v) is 24.4. The molecule has 0 fully saturated rings. The maximum atomic E-state index is 13.9. The third kappa shape index (κ3) is 8.45. The van der Waals surface area contributed by atoms with Gasteiger partial charge in [0.25, 0.3) is 5.91 Å². The van der Waals surface area contributed by atoms with Crippen molar-refractivity contribution in [2.45, 2.75) is 60.3 Å². The molecule has 41 heavy (non-hydrogen) atoms. The van der Waals surface area contributed by atoms with Gasteiger partial charge in [0.1, 0.15) is 17.2 Å². The van der Waals surface area contributed by atoms with Crippen molar-refractivity contribution in [3.63, 3.8) is 0 Å². The maximum Gasteiger partial charge on any atom is 0.308 e. The van der Waals surface area contributed by atoms with Crippen molar-refractivity contribution in [1.82, 2.24) is 0 Å². The van der Waals surface area contributed by atoms with Gasteiger partial charge in [-0.1, -0.05) is 53.7 Å². The van der Waals surface area contributed by atoms with Crippen LogP contribution in [0.25, 0.3) is 0 Å². The minimum absolute atomic E-state index is 0.0930. The molecule has 2 aromatic carbocycles. The fraction of sp³-hybridized carbons (Fsp3) is 0.303. The van der Waals surface area contributed by atoms with E-state index in [-0.39, 0.29) is 46.6 Å². The van der Waals surface area contributed by atoms with E-state index in [1.165, 1.54) is 42.0 Å². The number of fused-ring (bicyclic) bond motifs is 2. The molecule has 3 rings (SSSR count). The molecule has 0 saturated heterocycles. The van der Waals surface area contributed by atoms with Gasteiger partial charge < -0.3 is 24.8 Å². The first-order chi connectivity index (χ1) is 19.5. The Hall–Kier alpha value is -4.59. The van der Waals surface area contributed by atoms with Crippen LogP contribution >= 0.6 is 0 Å². The highest BCUT2D eigenvalue weighted by Crippen LogP contribution is 2.46. The molecule has 1 aliphatic heterocycles. The van der Waals surface area contributed by atoms with Crippen molar-refractivity contribution in [3.05, 3.63) is 83.5 Å². The highest BCUT2D eigenvalue weighted by atomic mass is 16.5. The van der Waals surface area contributed by atoms with Gasteiger partial charge in [-0.3, -0.25) is 14.4 Å². The molecule has 8 heteroatoms. The largest absolute Gasteiger partial charge is 0.506 e. The summed E-state index contributed by atoms with van der Waals surface area (Å²) in [7, 11) is 0. The highest BCUT2D eigenvalue weighted by Gasteiger charge is 2.31. The predicted octanol–water partition coefficient (Wildman–Crippen LogP) is 7.53. The molecule has 0 saturated carbocycles. The molecule has 2 aromatic rings. The number of nitrogens with one attached hydrogen (secondary N) is 1. The highest BCUT2D eigenvalue weighted by molar-refractivity contribution is 6.15. The Balaban J connectivity index is 1.94. The van der Waals surface area contributed by atoms with E-state index in [4.69, 9.17) is 9.47 Å². The molecular formula is C33H38N2O6. The van der Waals surface area contributed by atoms with Crippen LogP contribution in [0.5, 0.6) is 17.2 Å². The zero-order chi connectivity index (χ0) is 30.1. The van der Waals surface area contributed by atoms with E-state index in [0.29, 0.717) is 5.69 Å². The number of rotatable bonds is 11. The average molecular weight is 559 g/mol. The van der Waals surface area contributed by atoms with Crippen LogP contribution in [0.4, 0.5) is 17.1 Å². The van der Waals surface area contributed by atoms with Gasteiger partial charge in [0.15, 0.2) is 5.75 Å². The Morgan fingerprint density at radius 1 is 0.951 bits per heavy atom. The van der Waals surface area contributed by atoms with E-state index in [2.05, 4.69) is 37.9 Å². The van der Waals surface area contributed by atoms with Crippen molar-refractivity contribution in [3.8, 4) is 17.2 Å². The Kier molecular flexibility index (Phi) is 10.7. The lowest BCUT2D eigenvalue weighted by atomic mass is 10.0. The fourth-order valence-corrected chi connectivity index (χ4v) is 4.44. The van der Waals surface area contributed by atoms with Crippen LogP contribution in [0, 0.1) is 0 Å². The summed E-state index contributed by atoms with van der Waals surface area (Å²) < 4.78 is 10.6. The third-order valence-electron chi connectivity index (χ3n) is 6.44. The van der Waals surface area contributed by atoms with Gasteiger partial charge in [0.2, 0.25) is 0 Å². The minimum atomic E-state index is -0.562. The Bertz CT molecular complexity index is 1430. The second kappa shape index (κ2) is 14.2. The van der Waals surface area contributed by atoms with Crippen LogP contribution in [0.3, 0.4) is 0 Å². The fourth-order valence-electron chi connectivity index (χ4n) is 4.44. The van der Waals surface area contributed by atoms with E-state index in [1.54, 1.807) is 18.2 Å². The summed E-state index contributed by atoms with van der Waals surface area (Å²) in [5.41, 5.74) is 4.62. The van der Waals surface area contributed by atoms with Crippen LogP contribution < -0.4 is 19.7 Å². The molecule has 0 spiro atoms. The van der Waals surface area contributed by atoms with Crippen molar-refractivity contribution >= 4 is 34.9 Å². The first-order valence-electron chi connectivity index (χ1n) is 13.6. The molecule has 2 N–H and O–H groups in total. The second-order valence-corrected chi connectivity index (χ2v) is 10.1. The van der Waals surface area contributed by atoms with E-state index < -0.39 is 11.9 Å². The van der Waals surface area contributed by atoms with E-state index in [1.807, 2.05) is 19.1 Å². The van der Waals surface area contributed by atoms with E-state index in [9.17, 15) is 19.5 Å². The molecule has 1 heterocycles. The number of aromatic hydroxyl groups is 1. The molecular weight excluding hydrogens is 520 g/mol. The number of anilines is 3. The molecule has 1 amide bonds. The van der Waals surface area contributed by atoms with Gasteiger partial charge in [-0.15, -0.1) is 0 Å². The number of hydrogen-bond donors (Lipinski definition) is 2. The van der Waals surface area contributed by atoms with Gasteiger partial charge in [-0.2, -0.15) is 0 Å². The summed E-state index contributed by atoms with van der Waals surface area (Å²) in [6.45, 7) is 12.8. The normalized spacial score (nSPS) is 12.9. The van der Waals surface area contributed by atoms with Gasteiger partial charge in [0, 0.05) is 32.5 Å². The number of phenols is 1. The van der Waals surface area contributed by atoms with Crippen molar-refractivity contribution in [2.24, 2.45) is 0 Å². The number of para-hydroxylation sites is 1. The maximum absolute atomic E-state index is 13.9. The van der Waals surface area contributed by atoms with Gasteiger partial charge >= 0.3 is 11.9 Å². The summed E-state index contributed by atoms with van der Waals surface area (Å²) >= 11 is 0. The predicted molar refractivity (Wildman–Crippen MR) is 162 cm³/mol. The second-order valence-electron chi connectivity index (χ2n) is 10.1. The smallest absolute Gasteiger partial charge is 0.308 e. The van der Waals surface area contributed by atoms with E-state index >= 15 is 0 Å². The molecule has 1 aliphatic rings. The standard InChI is InChI=1S/C33H38N2O6/c1-7-25(13-8-11-21(2)3)14-9-12-22(4)17-18-35-28-19-26(40-23(5)36)20-29(38)32(28)34-31-27(33(35)39)15-10-16-30(31)41-24(6)37/h7,10-11,14-17,19-20,34,38H,1,8-9,12-13,18H2,2-6H3/b22-17+,25-14+. The van der Waals surface area contributed by atoms with Gasteiger partial charge in [0.05, 0.1) is 16.9 Å². The third-order valence-corrected chi connectivity index (χ3v) is 6.44. The number of benzene rings is 2. The van der Waals surface area contributed by atoms with Gasteiger partial charge in [-0.05, 0) is 58.6 Å². The van der Waals surface area contributed by atoms with Gasteiger partial charge in [-0.25, -0.2) is 0 Å². The lowest BCUT2D eigenvalue weighted by Crippen LogP contribution is -2.30. The SMILES string of the molecule is C=C/C(=C\CC/C(C)=C/CN1C(=O)c2cccc(OC(C)=O)c2Nc2c(O)cc(OC(C)=O)cc21)CCC=C(C)C. The van der Waals surface area contributed by atoms with Crippen LogP contribution in [-0.2, 0) is 9.59 Å². The molecule has 8 nitrogen and oxygen atoms in total. The molecule has 0 radical (unpaired) electrons. The molecule has 0 atom stereocenters. The van der Waals surface area contributed by atoms with Crippen molar-refractivity contribution in [1.29, 1.82) is 0 Å². The zero-order valence-electron chi connectivity index (χ0n) is 24.4. The summed E-state index contributed by atoms with van der Waals surface area (Å²) in [6, 6.07) is 7.62. The number of nitrogens with zero attached hydrogens (tertiary/aromatic N) is 1. The molecule has 0 bridgehead atoms. The Morgan fingerprint density at radius 3 is 2.32 bits per heavy atom. The number of allylic oxidation sites excluding steroid dienone is 6. The number of phenolic OH excluding ortho intramolecular Hbond substituents is 1. The minimum Gasteiger partial charge on any atom is -0.506 e. The number of carbonyl (C=O) groups excluding carboxylic acids is 3. The number of esters is 2. The van der Waals surface area contributed by atoms with Crippen molar-refractivity contribution < 1.29 is 29.0 Å². The van der Waals surface area contributed by atoms with E-state index in [0.717, 1.165) is 31.3 Å². The van der Waals surface area contributed by atoms with Crippen LogP contribution in [0.15, 0.2) is 77.9 Å². The van der Waals surface area contributed by atoms with Crippen LogP contribution in [0.1, 0.15) is 70.7 Å². The number of amides is 1. The number of carbonyl (C=O) groups is 3. The quantitative estimate of drug-likeness (QED) is 0.0965. The first kappa shape index (κ1) is 30.9. The Labute approximate surface area is 241 Å².